The predicted octanol–water partition coefficient (Wildman–Crippen LogP) is 7.89. The van der Waals surface area contributed by atoms with E-state index < -0.39 is 0 Å². The number of fused-ring (bicyclic) bond motifs is 5. The first kappa shape index (κ1) is 23.1. The highest BCUT2D eigenvalue weighted by molar-refractivity contribution is 5.96. The molecule has 0 heterocycles. The van der Waals surface area contributed by atoms with Crippen molar-refractivity contribution in [1.29, 1.82) is 0 Å². The molecule has 0 amide bonds. The van der Waals surface area contributed by atoms with Gasteiger partial charge >= 0.3 is 0 Å². The average molecular weight is 427 g/mol. The van der Waals surface area contributed by atoms with Gasteiger partial charge in [-0.25, -0.2) is 0 Å². The van der Waals surface area contributed by atoms with Crippen LogP contribution in [0, 0.1) is 52.3 Å². The summed E-state index contributed by atoms with van der Waals surface area (Å²) in [6.07, 6.45) is 14.2. The molecule has 0 aromatic heterocycles. The van der Waals surface area contributed by atoms with Gasteiger partial charge in [-0.1, -0.05) is 66.0 Å². The standard InChI is InChI=1S/C29H46O2/c1-18(2)19(3)7-8-20(4)24-11-12-25-23-10-9-22-15-27(31)21(17-30)16-29(22,6)26(23)13-14-28(24,25)5/h10,17-20,22,24-26,30H,7-9,11-16H2,1-6H3/b21-17-/t19-,20+,22-,24-,25+,26+,28-,29-/m0/s1. The van der Waals surface area contributed by atoms with Crippen LogP contribution in [0.2, 0.25) is 0 Å². The first-order valence-electron chi connectivity index (χ1n) is 13.2. The minimum atomic E-state index is 0.143. The zero-order valence-corrected chi connectivity index (χ0v) is 20.9. The van der Waals surface area contributed by atoms with Crippen LogP contribution in [-0.4, -0.2) is 10.9 Å². The molecule has 4 aliphatic carbocycles. The van der Waals surface area contributed by atoms with Crippen molar-refractivity contribution >= 4 is 5.78 Å². The van der Waals surface area contributed by atoms with Crippen molar-refractivity contribution in [3.63, 3.8) is 0 Å². The molecule has 2 nitrogen and oxygen atoms in total. The third-order valence-corrected chi connectivity index (χ3v) is 11.0. The smallest absolute Gasteiger partial charge is 0.162 e. The molecule has 0 aromatic rings. The number of aliphatic hydroxyl groups excluding tert-OH is 1. The minimum Gasteiger partial charge on any atom is -0.515 e. The molecule has 31 heavy (non-hydrogen) atoms. The van der Waals surface area contributed by atoms with Crippen LogP contribution in [0.5, 0.6) is 0 Å². The van der Waals surface area contributed by atoms with E-state index in [4.69, 9.17) is 0 Å². The van der Waals surface area contributed by atoms with E-state index >= 15 is 0 Å². The molecule has 3 fully saturated rings. The number of hydrogen-bond donors (Lipinski definition) is 1. The number of carbonyl (C=O) groups is 1. The van der Waals surface area contributed by atoms with Gasteiger partial charge in [0.1, 0.15) is 0 Å². The normalized spacial score (nSPS) is 43.3. The molecule has 0 aromatic carbocycles. The van der Waals surface area contributed by atoms with Crippen molar-refractivity contribution in [2.45, 2.75) is 99.3 Å². The maximum atomic E-state index is 12.4. The predicted molar refractivity (Wildman–Crippen MR) is 129 cm³/mol. The Hall–Kier alpha value is -1.05. The number of aliphatic hydroxyl groups is 1. The second-order valence-electron chi connectivity index (χ2n) is 12.7. The third-order valence-electron chi connectivity index (χ3n) is 11.0. The SMILES string of the molecule is CC(C)[C@@H](C)CC[C@@H](C)[C@@H]1CC[C@@H]2C3=CC[C@H]4CC(=O)/C(=C\O)C[C@]4(C)[C@@H]3CC[C@]21C. The average Bonchev–Trinajstić information content (AvgIpc) is 3.09. The Labute approximate surface area is 191 Å². The van der Waals surface area contributed by atoms with E-state index in [1.807, 2.05) is 0 Å². The lowest BCUT2D eigenvalue weighted by molar-refractivity contribution is -0.121. The number of Topliss-reactive ketones (excluding diaryl/α,β-unsaturated/α-hetero) is 1. The summed E-state index contributed by atoms with van der Waals surface area (Å²) in [5.41, 5.74) is 3.01. The van der Waals surface area contributed by atoms with Crippen LogP contribution in [-0.2, 0) is 4.79 Å². The van der Waals surface area contributed by atoms with Crippen LogP contribution in [0.15, 0.2) is 23.5 Å². The Kier molecular flexibility index (Phi) is 6.25. The highest BCUT2D eigenvalue weighted by Crippen LogP contribution is 2.67. The molecule has 0 spiro atoms. The van der Waals surface area contributed by atoms with Gasteiger partial charge in [-0.3, -0.25) is 4.79 Å². The van der Waals surface area contributed by atoms with Gasteiger partial charge in [0.25, 0.3) is 0 Å². The van der Waals surface area contributed by atoms with Crippen LogP contribution in [0.4, 0.5) is 0 Å². The Morgan fingerprint density at radius 1 is 1.06 bits per heavy atom. The van der Waals surface area contributed by atoms with E-state index in [2.05, 4.69) is 47.6 Å². The molecule has 4 aliphatic rings. The molecule has 8 atom stereocenters. The van der Waals surface area contributed by atoms with E-state index in [0.717, 1.165) is 48.7 Å². The first-order chi connectivity index (χ1) is 14.6. The number of hydrogen-bond acceptors (Lipinski definition) is 2. The quantitative estimate of drug-likeness (QED) is 0.275. The molecule has 0 unspecified atom stereocenters. The molecule has 174 valence electrons. The molecule has 0 saturated heterocycles. The summed E-state index contributed by atoms with van der Waals surface area (Å²) in [7, 11) is 0. The van der Waals surface area contributed by atoms with Crippen LogP contribution in [0.1, 0.15) is 99.3 Å². The first-order valence-corrected chi connectivity index (χ1v) is 13.2. The fourth-order valence-corrected chi connectivity index (χ4v) is 8.42. The van der Waals surface area contributed by atoms with Gasteiger partial charge in [0.15, 0.2) is 5.78 Å². The lowest BCUT2D eigenvalue weighted by atomic mass is 9.47. The minimum absolute atomic E-state index is 0.143. The lowest BCUT2D eigenvalue weighted by Gasteiger charge is -2.57. The van der Waals surface area contributed by atoms with Crippen molar-refractivity contribution in [2.75, 3.05) is 0 Å². The Morgan fingerprint density at radius 2 is 1.77 bits per heavy atom. The van der Waals surface area contributed by atoms with Gasteiger partial charge in [-0.05, 0) is 90.8 Å². The van der Waals surface area contributed by atoms with E-state index in [9.17, 15) is 9.90 Å². The summed E-state index contributed by atoms with van der Waals surface area (Å²) in [6, 6.07) is 0. The van der Waals surface area contributed by atoms with Crippen molar-refractivity contribution < 1.29 is 9.90 Å². The molecule has 1 N–H and O–H groups in total. The Balaban J connectivity index is 1.53. The summed E-state index contributed by atoms with van der Waals surface area (Å²) in [6.45, 7) is 14.7. The molecule has 0 radical (unpaired) electrons. The van der Waals surface area contributed by atoms with Crippen LogP contribution in [0.3, 0.4) is 0 Å². The molecular weight excluding hydrogens is 380 g/mol. The van der Waals surface area contributed by atoms with Gasteiger partial charge in [-0.2, -0.15) is 0 Å². The molecule has 0 bridgehead atoms. The summed E-state index contributed by atoms with van der Waals surface area (Å²) in [5, 5.41) is 9.68. The summed E-state index contributed by atoms with van der Waals surface area (Å²) < 4.78 is 0. The van der Waals surface area contributed by atoms with Gasteiger partial charge in [0.05, 0.1) is 6.26 Å². The van der Waals surface area contributed by atoms with E-state index in [1.54, 1.807) is 5.57 Å². The van der Waals surface area contributed by atoms with Crippen LogP contribution >= 0.6 is 0 Å². The second-order valence-corrected chi connectivity index (χ2v) is 12.7. The van der Waals surface area contributed by atoms with Gasteiger partial charge in [0.2, 0.25) is 0 Å². The van der Waals surface area contributed by atoms with E-state index in [0.29, 0.717) is 29.2 Å². The summed E-state index contributed by atoms with van der Waals surface area (Å²) >= 11 is 0. The Morgan fingerprint density at radius 3 is 2.45 bits per heavy atom. The molecule has 2 heteroatoms. The monoisotopic (exact) mass is 426 g/mol. The fourth-order valence-electron chi connectivity index (χ4n) is 8.42. The van der Waals surface area contributed by atoms with Crippen molar-refractivity contribution in [2.24, 2.45) is 52.3 Å². The fraction of sp³-hybridized carbons (Fsp3) is 0.828. The highest BCUT2D eigenvalue weighted by Gasteiger charge is 2.58. The van der Waals surface area contributed by atoms with Gasteiger partial charge < -0.3 is 5.11 Å². The second kappa shape index (κ2) is 8.38. The van der Waals surface area contributed by atoms with Crippen LogP contribution in [0.25, 0.3) is 0 Å². The van der Waals surface area contributed by atoms with Gasteiger partial charge in [-0.15, -0.1) is 0 Å². The zero-order chi connectivity index (χ0) is 22.6. The Bertz CT molecular complexity index is 761. The zero-order valence-electron chi connectivity index (χ0n) is 20.9. The molecular formula is C29H46O2. The number of ketones is 1. The number of carbonyl (C=O) groups excluding carboxylic acids is 1. The van der Waals surface area contributed by atoms with E-state index in [1.165, 1.54) is 38.5 Å². The number of allylic oxidation sites excluding steroid dienone is 3. The highest BCUT2D eigenvalue weighted by atomic mass is 16.2. The summed E-state index contributed by atoms with van der Waals surface area (Å²) in [5.74, 6) is 5.24. The maximum absolute atomic E-state index is 12.4. The largest absolute Gasteiger partial charge is 0.515 e. The summed E-state index contributed by atoms with van der Waals surface area (Å²) in [4.78, 5) is 12.4. The van der Waals surface area contributed by atoms with E-state index in [-0.39, 0.29) is 11.2 Å². The topological polar surface area (TPSA) is 37.3 Å². The molecule has 0 aliphatic heterocycles. The van der Waals surface area contributed by atoms with Crippen molar-refractivity contribution in [3.8, 4) is 0 Å². The maximum Gasteiger partial charge on any atom is 0.162 e. The lowest BCUT2D eigenvalue weighted by Crippen LogP contribution is -2.49. The third kappa shape index (κ3) is 3.74. The van der Waals surface area contributed by atoms with Crippen LogP contribution < -0.4 is 0 Å². The van der Waals surface area contributed by atoms with Crippen molar-refractivity contribution in [1.82, 2.24) is 0 Å². The van der Waals surface area contributed by atoms with Gasteiger partial charge in [0, 0.05) is 12.0 Å². The number of rotatable bonds is 5. The van der Waals surface area contributed by atoms with Crippen molar-refractivity contribution in [3.05, 3.63) is 23.5 Å². The molecule has 4 rings (SSSR count). The molecule has 3 saturated carbocycles.